The Kier molecular flexibility index (Phi) is 4.65. The summed E-state index contributed by atoms with van der Waals surface area (Å²) in [4.78, 5) is 0. The quantitative estimate of drug-likeness (QED) is 0.542. The molecular weight excluding hydrogens is 237 g/mol. The summed E-state index contributed by atoms with van der Waals surface area (Å²) in [5.74, 6) is 0.706. The van der Waals surface area contributed by atoms with Gasteiger partial charge in [0.2, 0.25) is 0 Å². The van der Waals surface area contributed by atoms with Crippen LogP contribution in [0.3, 0.4) is 0 Å². The van der Waals surface area contributed by atoms with Crippen LogP contribution in [0.25, 0.3) is 0 Å². The predicted octanol–water partition coefficient (Wildman–Crippen LogP) is 3.43. The fraction of sp³-hybridized carbons (Fsp3) is 1.00. The van der Waals surface area contributed by atoms with Gasteiger partial charge >= 0.3 is 7.75 Å². The molecule has 4 nitrogen and oxygen atoms in total. The van der Waals surface area contributed by atoms with Gasteiger partial charge in [-0.3, -0.25) is 9.05 Å². The minimum absolute atomic E-state index is 0.444. The van der Waals surface area contributed by atoms with E-state index >= 15 is 0 Å². The normalized spacial score (nSPS) is 30.5. The van der Waals surface area contributed by atoms with E-state index in [1.807, 2.05) is 18.5 Å². The molecule has 17 heavy (non-hydrogen) atoms. The van der Waals surface area contributed by atoms with Crippen LogP contribution in [0, 0.1) is 5.92 Å². The highest BCUT2D eigenvalue weighted by molar-refractivity contribution is 7.51. The third-order valence-electron chi connectivity index (χ3n) is 3.72. The standard InChI is InChI=1S/C12H24NO3P/c1-3-15-17(14,16-4-2)13-10-12(13)11-8-6-5-7-9-11/h11-12H,3-10H2,1-2H3/t12-,13?/m1/s1. The first-order valence-electron chi connectivity index (χ1n) is 6.87. The summed E-state index contributed by atoms with van der Waals surface area (Å²) in [5, 5.41) is 0. The smallest absolute Gasteiger partial charge is 0.297 e. The topological polar surface area (TPSA) is 38.5 Å². The van der Waals surface area contributed by atoms with Crippen LogP contribution >= 0.6 is 7.75 Å². The average Bonchev–Trinajstić information content (AvgIpc) is 3.11. The van der Waals surface area contributed by atoms with E-state index < -0.39 is 7.75 Å². The monoisotopic (exact) mass is 261 g/mol. The molecule has 0 N–H and O–H groups in total. The SMILES string of the molecule is CCOP(=O)(OCC)N1C[C@@H]1C1CCCCC1. The third-order valence-corrected chi connectivity index (χ3v) is 5.97. The summed E-state index contributed by atoms with van der Waals surface area (Å²) in [7, 11) is -2.97. The van der Waals surface area contributed by atoms with Crippen molar-refractivity contribution in [3.63, 3.8) is 0 Å². The van der Waals surface area contributed by atoms with Crippen molar-refractivity contribution in [2.75, 3.05) is 19.8 Å². The van der Waals surface area contributed by atoms with Crippen molar-refractivity contribution >= 4 is 7.75 Å². The van der Waals surface area contributed by atoms with Gasteiger partial charge in [-0.2, -0.15) is 0 Å². The van der Waals surface area contributed by atoms with Gasteiger partial charge < -0.3 is 0 Å². The minimum atomic E-state index is -2.97. The van der Waals surface area contributed by atoms with E-state index in [1.54, 1.807) is 0 Å². The van der Waals surface area contributed by atoms with Gasteiger partial charge in [0.15, 0.2) is 0 Å². The zero-order valence-corrected chi connectivity index (χ0v) is 11.8. The van der Waals surface area contributed by atoms with Gasteiger partial charge in [-0.25, -0.2) is 9.24 Å². The molecule has 2 atom stereocenters. The predicted molar refractivity (Wildman–Crippen MR) is 67.9 cm³/mol. The number of nitrogens with zero attached hydrogens (tertiary/aromatic N) is 1. The first-order valence-corrected chi connectivity index (χ1v) is 8.37. The van der Waals surface area contributed by atoms with Gasteiger partial charge in [0, 0.05) is 12.6 Å². The molecule has 0 aromatic carbocycles. The highest BCUT2D eigenvalue weighted by atomic mass is 31.2. The summed E-state index contributed by atoms with van der Waals surface area (Å²) >= 11 is 0. The third kappa shape index (κ3) is 3.11. The lowest BCUT2D eigenvalue weighted by Gasteiger charge is -2.24. The van der Waals surface area contributed by atoms with E-state index in [1.165, 1.54) is 32.1 Å². The maximum atomic E-state index is 12.5. The molecule has 1 aliphatic carbocycles. The Bertz CT molecular complexity index is 281. The fourth-order valence-corrected chi connectivity index (χ4v) is 4.79. The van der Waals surface area contributed by atoms with Gasteiger partial charge in [0.05, 0.1) is 13.2 Å². The molecule has 0 bridgehead atoms. The van der Waals surface area contributed by atoms with Gasteiger partial charge in [-0.15, -0.1) is 0 Å². The number of hydrogen-bond donors (Lipinski definition) is 0. The molecule has 0 aromatic rings. The average molecular weight is 261 g/mol. The minimum Gasteiger partial charge on any atom is -0.297 e. The molecule has 100 valence electrons. The van der Waals surface area contributed by atoms with Crippen LogP contribution in [0.5, 0.6) is 0 Å². The summed E-state index contributed by atoms with van der Waals surface area (Å²) in [6, 6.07) is 0.444. The van der Waals surface area contributed by atoms with Crippen molar-refractivity contribution in [2.24, 2.45) is 5.92 Å². The first-order chi connectivity index (χ1) is 8.21. The van der Waals surface area contributed by atoms with Crippen LogP contribution in [0.1, 0.15) is 46.0 Å². The maximum Gasteiger partial charge on any atom is 0.408 e. The van der Waals surface area contributed by atoms with Gasteiger partial charge in [0.25, 0.3) is 0 Å². The molecule has 2 fully saturated rings. The molecule has 0 amide bonds. The second kappa shape index (κ2) is 5.83. The summed E-state index contributed by atoms with van der Waals surface area (Å²) in [5.41, 5.74) is 0. The number of hydrogen-bond acceptors (Lipinski definition) is 3. The molecule has 5 heteroatoms. The highest BCUT2D eigenvalue weighted by Gasteiger charge is 2.52. The van der Waals surface area contributed by atoms with Crippen molar-refractivity contribution in [3.05, 3.63) is 0 Å². The first kappa shape index (κ1) is 13.5. The Hall–Kier alpha value is 0.110. The second-order valence-corrected chi connectivity index (χ2v) is 6.86. The molecule has 0 aromatic heterocycles. The Labute approximate surface area is 104 Å². The molecule has 1 saturated heterocycles. The molecule has 2 rings (SSSR count). The molecule has 1 saturated carbocycles. The molecule has 1 unspecified atom stereocenters. The van der Waals surface area contributed by atoms with Crippen molar-refractivity contribution in [2.45, 2.75) is 52.0 Å². The lowest BCUT2D eigenvalue weighted by Crippen LogP contribution is -2.17. The number of rotatable bonds is 6. The van der Waals surface area contributed by atoms with Gasteiger partial charge in [-0.05, 0) is 32.6 Å². The maximum absolute atomic E-state index is 12.5. The van der Waals surface area contributed by atoms with Crippen LogP contribution in [0.2, 0.25) is 0 Å². The summed E-state index contributed by atoms with van der Waals surface area (Å²) in [6.45, 7) is 5.52. The second-order valence-electron chi connectivity index (χ2n) is 4.89. The van der Waals surface area contributed by atoms with E-state index in [0.29, 0.717) is 25.2 Å². The van der Waals surface area contributed by atoms with E-state index in [-0.39, 0.29) is 0 Å². The van der Waals surface area contributed by atoms with E-state index in [0.717, 1.165) is 6.54 Å². The van der Waals surface area contributed by atoms with Crippen LogP contribution in [-0.2, 0) is 13.6 Å². The Balaban J connectivity index is 1.92. The molecule has 2 aliphatic rings. The highest BCUT2D eigenvalue weighted by Crippen LogP contribution is 2.60. The molecule has 1 heterocycles. The van der Waals surface area contributed by atoms with Crippen molar-refractivity contribution in [1.82, 2.24) is 4.67 Å². The van der Waals surface area contributed by atoms with E-state index in [9.17, 15) is 4.57 Å². The fourth-order valence-electron chi connectivity index (χ4n) is 2.85. The largest absolute Gasteiger partial charge is 0.408 e. The van der Waals surface area contributed by atoms with Crippen LogP contribution in [-0.4, -0.2) is 30.5 Å². The Morgan fingerprint density at radius 2 is 1.71 bits per heavy atom. The van der Waals surface area contributed by atoms with Crippen molar-refractivity contribution in [1.29, 1.82) is 0 Å². The van der Waals surface area contributed by atoms with Gasteiger partial charge in [0.1, 0.15) is 0 Å². The van der Waals surface area contributed by atoms with Gasteiger partial charge in [-0.1, -0.05) is 19.3 Å². The van der Waals surface area contributed by atoms with E-state index in [4.69, 9.17) is 9.05 Å². The van der Waals surface area contributed by atoms with Crippen LogP contribution in [0.4, 0.5) is 0 Å². The summed E-state index contributed by atoms with van der Waals surface area (Å²) < 4.78 is 25.2. The van der Waals surface area contributed by atoms with E-state index in [2.05, 4.69) is 0 Å². The Morgan fingerprint density at radius 3 is 2.24 bits per heavy atom. The molecular formula is C12H24NO3P. The lowest BCUT2D eigenvalue weighted by molar-refractivity contribution is 0.189. The molecule has 0 radical (unpaired) electrons. The molecule has 1 aliphatic heterocycles. The van der Waals surface area contributed by atoms with Crippen LogP contribution < -0.4 is 0 Å². The summed E-state index contributed by atoms with van der Waals surface area (Å²) in [6.07, 6.45) is 6.56. The van der Waals surface area contributed by atoms with Crippen LogP contribution in [0.15, 0.2) is 0 Å². The molecule has 0 spiro atoms. The Morgan fingerprint density at radius 1 is 1.12 bits per heavy atom. The zero-order chi connectivity index (χ0) is 12.3. The van der Waals surface area contributed by atoms with Crippen molar-refractivity contribution in [3.8, 4) is 0 Å². The van der Waals surface area contributed by atoms with Crippen molar-refractivity contribution < 1.29 is 13.6 Å². The zero-order valence-electron chi connectivity index (χ0n) is 10.9. The lowest BCUT2D eigenvalue weighted by atomic mass is 9.87.